The lowest BCUT2D eigenvalue weighted by Gasteiger charge is -2.14. The summed E-state index contributed by atoms with van der Waals surface area (Å²) < 4.78 is 16.2. The van der Waals surface area contributed by atoms with Crippen LogP contribution in [0.4, 0.5) is 4.79 Å². The molecule has 0 fully saturated rings. The zero-order valence-corrected chi connectivity index (χ0v) is 15.6. The monoisotopic (exact) mass is 378 g/mol. The number of amides is 2. The molecule has 0 saturated carbocycles. The summed E-state index contributed by atoms with van der Waals surface area (Å²) in [4.78, 5) is 11.8. The number of benzene rings is 2. The van der Waals surface area contributed by atoms with Crippen molar-refractivity contribution in [2.75, 3.05) is 33.9 Å². The standard InChI is InChI=1S/C19H23ClN2O4/c1-24-16-4-3-5-17(18(16)25-2)26-13-12-22-19(23)21-11-10-14-6-8-15(20)9-7-14/h3-9H,10-13H2,1-2H3,(H2,21,22,23). The van der Waals surface area contributed by atoms with Crippen LogP contribution in [-0.2, 0) is 6.42 Å². The molecule has 0 unspecified atom stereocenters. The van der Waals surface area contributed by atoms with Gasteiger partial charge >= 0.3 is 6.03 Å². The van der Waals surface area contributed by atoms with Crippen LogP contribution < -0.4 is 24.8 Å². The zero-order valence-electron chi connectivity index (χ0n) is 14.9. The summed E-state index contributed by atoms with van der Waals surface area (Å²) in [5.74, 6) is 1.69. The number of ether oxygens (including phenoxy) is 3. The molecule has 0 spiro atoms. The topological polar surface area (TPSA) is 68.8 Å². The number of hydrogen-bond acceptors (Lipinski definition) is 4. The number of carbonyl (C=O) groups is 1. The molecule has 2 N–H and O–H groups in total. The van der Waals surface area contributed by atoms with Crippen LogP contribution in [0, 0.1) is 0 Å². The summed E-state index contributed by atoms with van der Waals surface area (Å²) in [5.41, 5.74) is 1.11. The lowest BCUT2D eigenvalue weighted by molar-refractivity contribution is 0.235. The van der Waals surface area contributed by atoms with E-state index in [2.05, 4.69) is 10.6 Å². The minimum atomic E-state index is -0.236. The van der Waals surface area contributed by atoms with Gasteiger partial charge in [-0.1, -0.05) is 29.8 Å². The van der Waals surface area contributed by atoms with Gasteiger partial charge in [0.1, 0.15) is 6.61 Å². The van der Waals surface area contributed by atoms with Crippen LogP contribution in [0.2, 0.25) is 5.02 Å². The van der Waals surface area contributed by atoms with Crippen molar-refractivity contribution in [3.8, 4) is 17.2 Å². The molecular weight excluding hydrogens is 356 g/mol. The summed E-state index contributed by atoms with van der Waals surface area (Å²) >= 11 is 5.84. The SMILES string of the molecule is COc1cccc(OCCNC(=O)NCCc2ccc(Cl)cc2)c1OC. The Bertz CT molecular complexity index is 707. The van der Waals surface area contributed by atoms with Gasteiger partial charge in [0, 0.05) is 11.6 Å². The second kappa shape index (κ2) is 10.4. The summed E-state index contributed by atoms with van der Waals surface area (Å²) in [6.45, 7) is 1.22. The van der Waals surface area contributed by atoms with Crippen molar-refractivity contribution in [3.63, 3.8) is 0 Å². The summed E-state index contributed by atoms with van der Waals surface area (Å²) in [6.07, 6.45) is 0.738. The van der Waals surface area contributed by atoms with E-state index < -0.39 is 0 Å². The van der Waals surface area contributed by atoms with Crippen molar-refractivity contribution >= 4 is 17.6 Å². The van der Waals surface area contributed by atoms with Gasteiger partial charge in [0.15, 0.2) is 11.5 Å². The number of hydrogen-bond donors (Lipinski definition) is 2. The van der Waals surface area contributed by atoms with E-state index in [1.54, 1.807) is 26.4 Å². The van der Waals surface area contributed by atoms with Crippen LogP contribution in [0.15, 0.2) is 42.5 Å². The fourth-order valence-corrected chi connectivity index (χ4v) is 2.46. The molecule has 2 aromatic rings. The molecule has 6 nitrogen and oxygen atoms in total. The third kappa shape index (κ3) is 6.04. The van der Waals surface area contributed by atoms with Gasteiger partial charge < -0.3 is 24.8 Å². The van der Waals surface area contributed by atoms with Gasteiger partial charge in [0.25, 0.3) is 0 Å². The molecular formula is C19H23ClN2O4. The number of urea groups is 1. The maximum absolute atomic E-state index is 11.8. The Balaban J connectivity index is 1.66. The molecule has 0 atom stereocenters. The maximum Gasteiger partial charge on any atom is 0.314 e. The van der Waals surface area contributed by atoms with Gasteiger partial charge in [-0.05, 0) is 36.2 Å². The molecule has 26 heavy (non-hydrogen) atoms. The zero-order chi connectivity index (χ0) is 18.8. The molecule has 0 aromatic heterocycles. The van der Waals surface area contributed by atoms with Gasteiger partial charge in [-0.2, -0.15) is 0 Å². The van der Waals surface area contributed by atoms with Crippen LogP contribution in [0.1, 0.15) is 5.56 Å². The Hall–Kier alpha value is -2.60. The quantitative estimate of drug-likeness (QED) is 0.657. The van der Waals surface area contributed by atoms with Crippen molar-refractivity contribution < 1.29 is 19.0 Å². The first-order chi connectivity index (χ1) is 12.6. The average Bonchev–Trinajstić information content (AvgIpc) is 2.66. The molecule has 2 rings (SSSR count). The van der Waals surface area contributed by atoms with Gasteiger partial charge in [-0.25, -0.2) is 4.79 Å². The van der Waals surface area contributed by atoms with Crippen molar-refractivity contribution in [1.29, 1.82) is 0 Å². The number of halogens is 1. The predicted molar refractivity (Wildman–Crippen MR) is 102 cm³/mol. The van der Waals surface area contributed by atoms with Crippen LogP contribution in [-0.4, -0.2) is 39.9 Å². The van der Waals surface area contributed by atoms with Crippen LogP contribution in [0.5, 0.6) is 17.2 Å². The Morgan fingerprint density at radius 1 is 0.962 bits per heavy atom. The van der Waals surface area contributed by atoms with Gasteiger partial charge in [-0.15, -0.1) is 0 Å². The number of nitrogens with one attached hydrogen (secondary N) is 2. The summed E-state index contributed by atoms with van der Waals surface area (Å²) in [6, 6.07) is 12.7. The first-order valence-corrected chi connectivity index (χ1v) is 8.61. The molecule has 0 aliphatic rings. The van der Waals surface area contributed by atoms with Crippen molar-refractivity contribution in [2.24, 2.45) is 0 Å². The molecule has 0 aliphatic heterocycles. The second-order valence-electron chi connectivity index (χ2n) is 5.40. The Labute approximate surface area is 158 Å². The highest BCUT2D eigenvalue weighted by Crippen LogP contribution is 2.36. The maximum atomic E-state index is 11.8. The summed E-state index contributed by atoms with van der Waals surface area (Å²) in [7, 11) is 3.12. The highest BCUT2D eigenvalue weighted by atomic mass is 35.5. The normalized spacial score (nSPS) is 10.1. The number of para-hydroxylation sites is 1. The molecule has 0 saturated heterocycles. The van der Waals surface area contributed by atoms with E-state index >= 15 is 0 Å². The highest BCUT2D eigenvalue weighted by molar-refractivity contribution is 6.30. The largest absolute Gasteiger partial charge is 0.493 e. The lowest BCUT2D eigenvalue weighted by Crippen LogP contribution is -2.38. The fourth-order valence-electron chi connectivity index (χ4n) is 2.33. The summed E-state index contributed by atoms with van der Waals surface area (Å²) in [5, 5.41) is 6.25. The number of carbonyl (C=O) groups excluding carboxylic acids is 1. The minimum absolute atomic E-state index is 0.236. The van der Waals surface area contributed by atoms with E-state index in [1.165, 1.54) is 0 Å². The third-order valence-corrected chi connectivity index (χ3v) is 3.88. The van der Waals surface area contributed by atoms with E-state index in [0.29, 0.717) is 42.0 Å². The van der Waals surface area contributed by atoms with Gasteiger partial charge in [0.2, 0.25) is 5.75 Å². The Morgan fingerprint density at radius 2 is 1.65 bits per heavy atom. The Morgan fingerprint density at radius 3 is 2.35 bits per heavy atom. The Kier molecular flexibility index (Phi) is 7.89. The lowest BCUT2D eigenvalue weighted by atomic mass is 10.1. The van der Waals surface area contributed by atoms with E-state index in [1.807, 2.05) is 30.3 Å². The van der Waals surface area contributed by atoms with E-state index in [0.717, 1.165) is 12.0 Å². The second-order valence-corrected chi connectivity index (χ2v) is 5.84. The van der Waals surface area contributed by atoms with Crippen molar-refractivity contribution in [1.82, 2.24) is 10.6 Å². The molecule has 7 heteroatoms. The molecule has 0 radical (unpaired) electrons. The number of methoxy groups -OCH3 is 2. The third-order valence-electron chi connectivity index (χ3n) is 3.62. The first-order valence-electron chi connectivity index (χ1n) is 8.24. The molecule has 0 aliphatic carbocycles. The van der Waals surface area contributed by atoms with Crippen LogP contribution in [0.25, 0.3) is 0 Å². The van der Waals surface area contributed by atoms with Crippen molar-refractivity contribution in [3.05, 3.63) is 53.1 Å². The average molecular weight is 379 g/mol. The first kappa shape index (κ1) is 19.7. The van der Waals surface area contributed by atoms with E-state index in [-0.39, 0.29) is 6.03 Å². The van der Waals surface area contributed by atoms with Gasteiger partial charge in [0.05, 0.1) is 20.8 Å². The molecule has 2 aromatic carbocycles. The molecule has 2 amide bonds. The number of rotatable bonds is 9. The molecule has 0 heterocycles. The van der Waals surface area contributed by atoms with Crippen molar-refractivity contribution in [2.45, 2.75) is 6.42 Å². The molecule has 140 valence electrons. The minimum Gasteiger partial charge on any atom is -0.493 e. The fraction of sp³-hybridized carbons (Fsp3) is 0.316. The molecule has 0 bridgehead atoms. The smallest absolute Gasteiger partial charge is 0.314 e. The van der Waals surface area contributed by atoms with E-state index in [4.69, 9.17) is 25.8 Å². The van der Waals surface area contributed by atoms with Gasteiger partial charge in [-0.3, -0.25) is 0 Å². The predicted octanol–water partition coefficient (Wildman–Crippen LogP) is 3.28. The van der Waals surface area contributed by atoms with Crippen LogP contribution >= 0.6 is 11.6 Å². The van der Waals surface area contributed by atoms with E-state index in [9.17, 15) is 4.79 Å². The van der Waals surface area contributed by atoms with Crippen LogP contribution in [0.3, 0.4) is 0 Å². The highest BCUT2D eigenvalue weighted by Gasteiger charge is 2.10.